The number of benzene rings is 2. The van der Waals surface area contributed by atoms with Crippen LogP contribution in [0.3, 0.4) is 0 Å². The van der Waals surface area contributed by atoms with E-state index in [1.54, 1.807) is 0 Å². The number of nitrogens with one attached hydrogen (secondary N) is 1. The fraction of sp³-hybridized carbons (Fsp3) is 0.235. The van der Waals surface area contributed by atoms with Gasteiger partial charge in [0.1, 0.15) is 0 Å². The molecular weight excluding hydrogens is 314 g/mol. The summed E-state index contributed by atoms with van der Waals surface area (Å²) in [5.41, 5.74) is 3.37. The molecule has 0 radical (unpaired) electrons. The molecule has 0 aliphatic carbocycles. The van der Waals surface area contributed by atoms with Crippen molar-refractivity contribution >= 4 is 21.8 Å². The van der Waals surface area contributed by atoms with Gasteiger partial charge in [-0.3, -0.25) is 4.79 Å². The molecule has 0 aromatic heterocycles. The molecule has 1 amide bonds. The van der Waals surface area contributed by atoms with Gasteiger partial charge in [-0.1, -0.05) is 52.3 Å². The molecule has 20 heavy (non-hydrogen) atoms. The van der Waals surface area contributed by atoms with Gasteiger partial charge in [0.2, 0.25) is 5.91 Å². The van der Waals surface area contributed by atoms with Crippen LogP contribution in [0.4, 0.5) is 0 Å². The van der Waals surface area contributed by atoms with Crippen molar-refractivity contribution in [3.05, 3.63) is 69.7 Å². The van der Waals surface area contributed by atoms with Crippen LogP contribution in [0.15, 0.2) is 53.0 Å². The smallest absolute Gasteiger partial charge is 0.224 e. The topological polar surface area (TPSA) is 29.1 Å². The van der Waals surface area contributed by atoms with E-state index in [4.69, 9.17) is 0 Å². The molecule has 0 aliphatic heterocycles. The Morgan fingerprint density at radius 2 is 1.95 bits per heavy atom. The molecule has 2 nitrogen and oxygen atoms in total. The van der Waals surface area contributed by atoms with E-state index < -0.39 is 0 Å². The molecule has 0 saturated heterocycles. The average molecular weight is 332 g/mol. The van der Waals surface area contributed by atoms with E-state index in [9.17, 15) is 4.79 Å². The summed E-state index contributed by atoms with van der Waals surface area (Å²) in [5, 5.41) is 3.05. The molecule has 0 aliphatic rings. The Hall–Kier alpha value is -1.61. The number of amides is 1. The van der Waals surface area contributed by atoms with Crippen molar-refractivity contribution in [3.63, 3.8) is 0 Å². The zero-order valence-corrected chi connectivity index (χ0v) is 13.3. The summed E-state index contributed by atoms with van der Waals surface area (Å²) in [6.45, 7) is 4.08. The van der Waals surface area contributed by atoms with Crippen LogP contribution in [-0.4, -0.2) is 5.91 Å². The maximum absolute atomic E-state index is 12.1. The van der Waals surface area contributed by atoms with Gasteiger partial charge in [0.05, 0.1) is 12.5 Å². The Labute approximate surface area is 128 Å². The molecular formula is C17H18BrNO. The molecule has 2 rings (SSSR count). The lowest BCUT2D eigenvalue weighted by atomic mass is 10.0. The molecule has 0 saturated carbocycles. The highest BCUT2D eigenvalue weighted by Crippen LogP contribution is 2.17. The van der Waals surface area contributed by atoms with Crippen molar-refractivity contribution < 1.29 is 4.79 Å². The number of carbonyl (C=O) groups excluding carboxylic acids is 1. The van der Waals surface area contributed by atoms with E-state index in [0.29, 0.717) is 6.42 Å². The highest BCUT2D eigenvalue weighted by atomic mass is 79.9. The van der Waals surface area contributed by atoms with Gasteiger partial charge in [-0.05, 0) is 42.7 Å². The fourth-order valence-electron chi connectivity index (χ4n) is 2.28. The minimum atomic E-state index is 0.0239. The van der Waals surface area contributed by atoms with Crippen molar-refractivity contribution in [2.24, 2.45) is 0 Å². The van der Waals surface area contributed by atoms with Crippen LogP contribution in [0.2, 0.25) is 0 Å². The van der Waals surface area contributed by atoms with Gasteiger partial charge >= 0.3 is 0 Å². The van der Waals surface area contributed by atoms with E-state index in [1.807, 2.05) is 43.3 Å². The summed E-state index contributed by atoms with van der Waals surface area (Å²) >= 11 is 3.42. The Morgan fingerprint density at radius 3 is 2.65 bits per heavy atom. The van der Waals surface area contributed by atoms with E-state index in [1.165, 1.54) is 5.56 Å². The second kappa shape index (κ2) is 6.71. The Kier molecular flexibility index (Phi) is 4.96. The van der Waals surface area contributed by atoms with Crippen molar-refractivity contribution in [3.8, 4) is 0 Å². The number of carbonyl (C=O) groups is 1. The molecule has 3 heteroatoms. The first-order valence-electron chi connectivity index (χ1n) is 6.65. The molecule has 0 spiro atoms. The number of rotatable bonds is 4. The summed E-state index contributed by atoms with van der Waals surface area (Å²) in [7, 11) is 0. The number of aryl methyl sites for hydroxylation is 1. The Balaban J connectivity index is 2.00. The monoisotopic (exact) mass is 331 g/mol. The third kappa shape index (κ3) is 3.94. The van der Waals surface area contributed by atoms with E-state index in [2.05, 4.69) is 40.3 Å². The number of hydrogen-bond acceptors (Lipinski definition) is 1. The summed E-state index contributed by atoms with van der Waals surface area (Å²) in [6, 6.07) is 16.0. The average Bonchev–Trinajstić information content (AvgIpc) is 2.38. The predicted molar refractivity (Wildman–Crippen MR) is 85.6 cm³/mol. The maximum atomic E-state index is 12.1. The quantitative estimate of drug-likeness (QED) is 0.894. The molecule has 2 aromatic rings. The summed E-state index contributed by atoms with van der Waals surface area (Å²) < 4.78 is 0.995. The van der Waals surface area contributed by atoms with Crippen LogP contribution in [0, 0.1) is 6.92 Å². The lowest BCUT2D eigenvalue weighted by molar-refractivity contribution is -0.121. The number of hydrogen-bond donors (Lipinski definition) is 1. The van der Waals surface area contributed by atoms with Gasteiger partial charge in [-0.2, -0.15) is 0 Å². The van der Waals surface area contributed by atoms with Gasteiger partial charge < -0.3 is 5.32 Å². The zero-order valence-electron chi connectivity index (χ0n) is 11.7. The Bertz CT molecular complexity index is 609. The molecule has 1 atom stereocenters. The molecule has 0 fully saturated rings. The van der Waals surface area contributed by atoms with E-state index in [-0.39, 0.29) is 11.9 Å². The lowest BCUT2D eigenvalue weighted by Gasteiger charge is -2.16. The third-order valence-electron chi connectivity index (χ3n) is 3.29. The molecule has 0 heterocycles. The standard InChI is InChI=1S/C17H18BrNO/c1-12-6-3-4-9-16(12)13(2)19-17(20)11-14-7-5-8-15(18)10-14/h3-10,13H,11H2,1-2H3,(H,19,20)/t13-/m1/s1. The first-order valence-corrected chi connectivity index (χ1v) is 7.45. The second-order valence-corrected chi connectivity index (χ2v) is 5.87. The fourth-order valence-corrected chi connectivity index (χ4v) is 2.72. The highest BCUT2D eigenvalue weighted by Gasteiger charge is 2.11. The van der Waals surface area contributed by atoms with Crippen molar-refractivity contribution in [1.82, 2.24) is 5.32 Å². The van der Waals surface area contributed by atoms with Crippen LogP contribution >= 0.6 is 15.9 Å². The Morgan fingerprint density at radius 1 is 1.20 bits per heavy atom. The molecule has 0 bridgehead atoms. The highest BCUT2D eigenvalue weighted by molar-refractivity contribution is 9.10. The predicted octanol–water partition coefficient (Wildman–Crippen LogP) is 4.18. The van der Waals surface area contributed by atoms with Gasteiger partial charge in [-0.25, -0.2) is 0 Å². The molecule has 104 valence electrons. The van der Waals surface area contributed by atoms with Crippen molar-refractivity contribution in [2.45, 2.75) is 26.3 Å². The largest absolute Gasteiger partial charge is 0.349 e. The maximum Gasteiger partial charge on any atom is 0.224 e. The molecule has 1 N–H and O–H groups in total. The number of halogens is 1. The van der Waals surface area contributed by atoms with Crippen LogP contribution in [0.25, 0.3) is 0 Å². The first-order chi connectivity index (χ1) is 9.56. The first kappa shape index (κ1) is 14.8. The zero-order chi connectivity index (χ0) is 14.5. The van der Waals surface area contributed by atoms with E-state index >= 15 is 0 Å². The van der Waals surface area contributed by atoms with Gasteiger partial charge in [0.25, 0.3) is 0 Å². The van der Waals surface area contributed by atoms with Crippen molar-refractivity contribution in [2.75, 3.05) is 0 Å². The van der Waals surface area contributed by atoms with Crippen LogP contribution in [0.1, 0.15) is 29.7 Å². The normalized spacial score (nSPS) is 11.9. The van der Waals surface area contributed by atoms with Gasteiger partial charge in [0.15, 0.2) is 0 Å². The molecule has 2 aromatic carbocycles. The SMILES string of the molecule is Cc1ccccc1[C@@H](C)NC(=O)Cc1cccc(Br)c1. The minimum absolute atomic E-state index is 0.0239. The van der Waals surface area contributed by atoms with E-state index in [0.717, 1.165) is 15.6 Å². The van der Waals surface area contributed by atoms with Gasteiger partial charge in [-0.15, -0.1) is 0 Å². The van der Waals surface area contributed by atoms with Gasteiger partial charge in [0, 0.05) is 4.47 Å². The van der Waals surface area contributed by atoms with Crippen LogP contribution in [-0.2, 0) is 11.2 Å². The van der Waals surface area contributed by atoms with Crippen molar-refractivity contribution in [1.29, 1.82) is 0 Å². The third-order valence-corrected chi connectivity index (χ3v) is 3.78. The minimum Gasteiger partial charge on any atom is -0.349 e. The summed E-state index contributed by atoms with van der Waals surface area (Å²) in [4.78, 5) is 12.1. The summed E-state index contributed by atoms with van der Waals surface area (Å²) in [5.74, 6) is 0.0406. The summed E-state index contributed by atoms with van der Waals surface area (Å²) in [6.07, 6.45) is 0.398. The van der Waals surface area contributed by atoms with Crippen LogP contribution < -0.4 is 5.32 Å². The lowest BCUT2D eigenvalue weighted by Crippen LogP contribution is -2.28. The molecule has 0 unspecified atom stereocenters. The van der Waals surface area contributed by atoms with Crippen LogP contribution in [0.5, 0.6) is 0 Å². The second-order valence-electron chi connectivity index (χ2n) is 4.95.